The third kappa shape index (κ3) is 1.51. The van der Waals surface area contributed by atoms with E-state index in [1.54, 1.807) is 0 Å². The first kappa shape index (κ1) is 9.44. The number of hydrogen-bond acceptors (Lipinski definition) is 2. The summed E-state index contributed by atoms with van der Waals surface area (Å²) in [5.41, 5.74) is 2.46. The summed E-state index contributed by atoms with van der Waals surface area (Å²) >= 11 is 0. The number of hydrogen-bond donors (Lipinski definition) is 1. The first-order valence-corrected chi connectivity index (χ1v) is 6.39. The topological polar surface area (TPSA) is 29.1 Å². The van der Waals surface area contributed by atoms with E-state index < -0.39 is 0 Å². The fraction of sp³-hybridized carbons (Fsp3) is 0.769. The van der Waals surface area contributed by atoms with Crippen molar-refractivity contribution in [3.8, 4) is 0 Å². The highest BCUT2D eigenvalue weighted by molar-refractivity contribution is 5.99. The number of Topliss-reactive ketones (excluding diaryl/α,β-unsaturated/α-hetero) is 1. The smallest absolute Gasteiger partial charge is 0.165 e. The molecule has 0 aromatic rings. The van der Waals surface area contributed by atoms with Crippen molar-refractivity contribution in [1.82, 2.24) is 5.32 Å². The second kappa shape index (κ2) is 3.66. The summed E-state index contributed by atoms with van der Waals surface area (Å²) in [4.78, 5) is 12.3. The zero-order chi connectivity index (χ0) is 10.3. The van der Waals surface area contributed by atoms with Crippen LogP contribution in [0.5, 0.6) is 0 Å². The van der Waals surface area contributed by atoms with E-state index in [4.69, 9.17) is 0 Å². The second-order valence-electron chi connectivity index (χ2n) is 5.17. The molecule has 3 rings (SSSR count). The van der Waals surface area contributed by atoms with Gasteiger partial charge in [0.05, 0.1) is 0 Å². The molecule has 1 fully saturated rings. The predicted molar refractivity (Wildman–Crippen MR) is 59.4 cm³/mol. The molecule has 1 heterocycles. The first-order valence-electron chi connectivity index (χ1n) is 6.39. The molecule has 1 saturated carbocycles. The molecule has 2 heteroatoms. The molecule has 0 amide bonds. The van der Waals surface area contributed by atoms with Gasteiger partial charge in [0, 0.05) is 23.2 Å². The van der Waals surface area contributed by atoms with Gasteiger partial charge >= 0.3 is 0 Å². The van der Waals surface area contributed by atoms with Crippen LogP contribution in [0.2, 0.25) is 0 Å². The van der Waals surface area contributed by atoms with Crippen LogP contribution < -0.4 is 5.32 Å². The van der Waals surface area contributed by atoms with Crippen LogP contribution in [0.3, 0.4) is 0 Å². The van der Waals surface area contributed by atoms with E-state index in [1.807, 2.05) is 0 Å². The van der Waals surface area contributed by atoms with Crippen LogP contribution in [0.4, 0.5) is 0 Å². The molecule has 0 aromatic carbocycles. The Bertz CT molecular complexity index is 318. The Morgan fingerprint density at radius 1 is 1.00 bits per heavy atom. The summed E-state index contributed by atoms with van der Waals surface area (Å²) in [5, 5.41) is 3.65. The number of carbonyl (C=O) groups is 1. The molecule has 15 heavy (non-hydrogen) atoms. The minimum absolute atomic E-state index is 0.315. The number of ketones is 1. The molecule has 2 aliphatic carbocycles. The molecule has 0 aromatic heterocycles. The van der Waals surface area contributed by atoms with Gasteiger partial charge in [0.2, 0.25) is 0 Å². The Balaban J connectivity index is 1.91. The fourth-order valence-electron chi connectivity index (χ4n) is 3.40. The molecule has 0 spiro atoms. The molecule has 2 nitrogen and oxygen atoms in total. The predicted octanol–water partition coefficient (Wildman–Crippen LogP) is 2.55. The number of nitrogens with one attached hydrogen (secondary N) is 1. The standard InChI is InChI=1S/C13H19NO/c15-13-9-5-1-3-7-11(9)14-12-8-4-2-6-10(12)13/h9,11,14H,1-8H2/t9-,11-/m1/s1. The van der Waals surface area contributed by atoms with Crippen molar-refractivity contribution in [1.29, 1.82) is 0 Å². The number of carbonyl (C=O) groups excluding carboxylic acids is 1. The monoisotopic (exact) mass is 205 g/mol. The summed E-state index contributed by atoms with van der Waals surface area (Å²) in [5.74, 6) is 0.809. The molecular weight excluding hydrogens is 186 g/mol. The fourth-order valence-corrected chi connectivity index (χ4v) is 3.40. The molecule has 82 valence electrons. The highest BCUT2D eigenvalue weighted by Crippen LogP contribution is 2.36. The van der Waals surface area contributed by atoms with Gasteiger partial charge in [0.25, 0.3) is 0 Å². The zero-order valence-corrected chi connectivity index (χ0v) is 9.22. The molecular formula is C13H19NO. The molecule has 2 atom stereocenters. The van der Waals surface area contributed by atoms with E-state index in [2.05, 4.69) is 5.32 Å². The summed E-state index contributed by atoms with van der Waals surface area (Å²) in [6.45, 7) is 0. The molecule has 1 N–H and O–H groups in total. The van der Waals surface area contributed by atoms with E-state index >= 15 is 0 Å². The van der Waals surface area contributed by atoms with Crippen molar-refractivity contribution in [3.05, 3.63) is 11.3 Å². The van der Waals surface area contributed by atoms with Crippen molar-refractivity contribution in [3.63, 3.8) is 0 Å². The van der Waals surface area contributed by atoms with Crippen LogP contribution in [-0.4, -0.2) is 11.8 Å². The van der Waals surface area contributed by atoms with Crippen LogP contribution >= 0.6 is 0 Å². The van der Waals surface area contributed by atoms with Crippen LogP contribution in [0.15, 0.2) is 11.3 Å². The Kier molecular flexibility index (Phi) is 2.30. The third-order valence-corrected chi connectivity index (χ3v) is 4.23. The molecule has 0 radical (unpaired) electrons. The van der Waals surface area contributed by atoms with Gasteiger partial charge in [-0.2, -0.15) is 0 Å². The molecule has 0 unspecified atom stereocenters. The van der Waals surface area contributed by atoms with Crippen LogP contribution in [0.1, 0.15) is 51.4 Å². The Hall–Kier alpha value is -0.790. The van der Waals surface area contributed by atoms with Gasteiger partial charge in [0.15, 0.2) is 5.78 Å². The third-order valence-electron chi connectivity index (χ3n) is 4.23. The summed E-state index contributed by atoms with van der Waals surface area (Å²) < 4.78 is 0. The zero-order valence-electron chi connectivity index (χ0n) is 9.22. The van der Waals surface area contributed by atoms with Crippen LogP contribution in [0, 0.1) is 5.92 Å². The maximum Gasteiger partial charge on any atom is 0.165 e. The van der Waals surface area contributed by atoms with Crippen molar-refractivity contribution in [2.24, 2.45) is 5.92 Å². The average molecular weight is 205 g/mol. The van der Waals surface area contributed by atoms with Gasteiger partial charge in [-0.15, -0.1) is 0 Å². The minimum Gasteiger partial charge on any atom is -0.385 e. The Morgan fingerprint density at radius 2 is 1.80 bits per heavy atom. The van der Waals surface area contributed by atoms with Gasteiger partial charge in [-0.3, -0.25) is 4.79 Å². The summed E-state index contributed by atoms with van der Waals surface area (Å²) in [6, 6.07) is 0.475. The highest BCUT2D eigenvalue weighted by Gasteiger charge is 2.38. The quantitative estimate of drug-likeness (QED) is 0.658. The lowest BCUT2D eigenvalue weighted by Crippen LogP contribution is -2.47. The number of rotatable bonds is 0. The van der Waals surface area contributed by atoms with Gasteiger partial charge in [-0.1, -0.05) is 12.8 Å². The van der Waals surface area contributed by atoms with Gasteiger partial charge in [0.1, 0.15) is 0 Å². The van der Waals surface area contributed by atoms with Crippen molar-refractivity contribution >= 4 is 5.78 Å². The first-order chi connectivity index (χ1) is 7.36. The Labute approximate surface area is 91.1 Å². The normalized spacial score (nSPS) is 35.6. The van der Waals surface area contributed by atoms with Crippen LogP contribution in [-0.2, 0) is 4.79 Å². The lowest BCUT2D eigenvalue weighted by molar-refractivity contribution is -0.122. The average Bonchev–Trinajstić information content (AvgIpc) is 2.30. The van der Waals surface area contributed by atoms with Crippen molar-refractivity contribution in [2.45, 2.75) is 57.4 Å². The Morgan fingerprint density at radius 3 is 2.73 bits per heavy atom. The van der Waals surface area contributed by atoms with Gasteiger partial charge in [-0.05, 0) is 38.5 Å². The minimum atomic E-state index is 0.315. The summed E-state index contributed by atoms with van der Waals surface area (Å²) in [6.07, 6.45) is 9.48. The van der Waals surface area contributed by atoms with Crippen molar-refractivity contribution < 1.29 is 4.79 Å². The van der Waals surface area contributed by atoms with Crippen LogP contribution in [0.25, 0.3) is 0 Å². The molecule has 0 bridgehead atoms. The lowest BCUT2D eigenvalue weighted by atomic mass is 9.74. The van der Waals surface area contributed by atoms with E-state index in [-0.39, 0.29) is 0 Å². The number of fused-ring (bicyclic) bond motifs is 1. The number of allylic oxidation sites excluding steroid dienone is 2. The SMILES string of the molecule is O=C1C2=C(CCCC2)N[C@@H]2CCCC[C@@H]12. The summed E-state index contributed by atoms with van der Waals surface area (Å²) in [7, 11) is 0. The lowest BCUT2D eigenvalue weighted by Gasteiger charge is -2.39. The molecule has 0 saturated heterocycles. The van der Waals surface area contributed by atoms with E-state index in [1.165, 1.54) is 37.8 Å². The maximum absolute atomic E-state index is 12.3. The maximum atomic E-state index is 12.3. The van der Waals surface area contributed by atoms with Gasteiger partial charge in [-0.25, -0.2) is 0 Å². The largest absolute Gasteiger partial charge is 0.385 e. The van der Waals surface area contributed by atoms with Gasteiger partial charge < -0.3 is 5.32 Å². The highest BCUT2D eigenvalue weighted by atomic mass is 16.1. The van der Waals surface area contributed by atoms with E-state index in [0.29, 0.717) is 17.7 Å². The van der Waals surface area contributed by atoms with E-state index in [9.17, 15) is 4.79 Å². The van der Waals surface area contributed by atoms with Crippen molar-refractivity contribution in [2.75, 3.05) is 0 Å². The van der Waals surface area contributed by atoms with E-state index in [0.717, 1.165) is 24.8 Å². The molecule has 3 aliphatic rings. The second-order valence-corrected chi connectivity index (χ2v) is 5.17. The molecule has 1 aliphatic heterocycles.